The van der Waals surface area contributed by atoms with Crippen LogP contribution in [-0.4, -0.2) is 41.6 Å². The van der Waals surface area contributed by atoms with Crippen LogP contribution < -0.4 is 0 Å². The predicted molar refractivity (Wildman–Crippen MR) is 84.5 cm³/mol. The van der Waals surface area contributed by atoms with E-state index in [1.54, 1.807) is 6.92 Å². The van der Waals surface area contributed by atoms with Gasteiger partial charge in [-0.05, 0) is 31.9 Å². The van der Waals surface area contributed by atoms with Gasteiger partial charge in [-0.3, -0.25) is 14.5 Å². The molecule has 0 heterocycles. The average Bonchev–Trinajstić information content (AvgIpc) is 2.47. The fourth-order valence-electron chi connectivity index (χ4n) is 2.23. The zero-order valence-corrected chi connectivity index (χ0v) is 13.2. The minimum Gasteiger partial charge on any atom is -0.481 e. The minimum atomic E-state index is -0.757. The summed E-state index contributed by atoms with van der Waals surface area (Å²) in [6.45, 7) is 3.90. The third-order valence-electron chi connectivity index (χ3n) is 3.27. The highest BCUT2D eigenvalue weighted by Gasteiger charge is 2.12. The van der Waals surface area contributed by atoms with Crippen molar-refractivity contribution in [1.82, 2.24) is 4.90 Å². The number of benzene rings is 1. The Morgan fingerprint density at radius 1 is 1.14 bits per heavy atom. The van der Waals surface area contributed by atoms with Crippen LogP contribution in [-0.2, 0) is 20.9 Å². The molecule has 0 fully saturated rings. The molecule has 0 aromatic heterocycles. The summed E-state index contributed by atoms with van der Waals surface area (Å²) >= 11 is 0. The highest BCUT2D eigenvalue weighted by molar-refractivity contribution is 5.71. The number of hydrogen-bond donors (Lipinski definition) is 1. The van der Waals surface area contributed by atoms with Gasteiger partial charge in [0.05, 0.1) is 13.2 Å². The number of esters is 1. The molecule has 0 spiro atoms. The minimum absolute atomic E-state index is 0.205. The Labute approximate surface area is 131 Å². The summed E-state index contributed by atoms with van der Waals surface area (Å²) in [5.41, 5.74) is 1.15. The van der Waals surface area contributed by atoms with Crippen molar-refractivity contribution in [1.29, 1.82) is 0 Å². The second-order valence-corrected chi connectivity index (χ2v) is 5.21. The molecular weight excluding hydrogens is 282 g/mol. The van der Waals surface area contributed by atoms with Crippen molar-refractivity contribution in [2.75, 3.05) is 19.7 Å². The summed E-state index contributed by atoms with van der Waals surface area (Å²) < 4.78 is 5.01. The molecule has 5 heteroatoms. The molecule has 1 rings (SSSR count). The van der Waals surface area contributed by atoms with E-state index in [-0.39, 0.29) is 18.9 Å². The van der Waals surface area contributed by atoms with E-state index < -0.39 is 5.97 Å². The van der Waals surface area contributed by atoms with E-state index in [2.05, 4.69) is 0 Å². The van der Waals surface area contributed by atoms with Gasteiger partial charge in [-0.25, -0.2) is 0 Å². The van der Waals surface area contributed by atoms with E-state index in [1.807, 2.05) is 35.2 Å². The van der Waals surface area contributed by atoms with Crippen molar-refractivity contribution in [2.24, 2.45) is 0 Å². The molecule has 5 nitrogen and oxygen atoms in total. The van der Waals surface area contributed by atoms with Gasteiger partial charge in [0.15, 0.2) is 0 Å². The molecule has 0 aliphatic carbocycles. The highest BCUT2D eigenvalue weighted by atomic mass is 16.5. The second kappa shape index (κ2) is 10.8. The van der Waals surface area contributed by atoms with Crippen LogP contribution in [0.2, 0.25) is 0 Å². The molecule has 1 aromatic carbocycles. The molecule has 0 aliphatic rings. The Kier molecular flexibility index (Phi) is 8.91. The molecule has 0 amide bonds. The Morgan fingerprint density at radius 2 is 1.86 bits per heavy atom. The highest BCUT2D eigenvalue weighted by Crippen LogP contribution is 2.08. The maximum Gasteiger partial charge on any atom is 0.320 e. The maximum atomic E-state index is 11.7. The summed E-state index contributed by atoms with van der Waals surface area (Å²) in [6.07, 6.45) is 2.60. The molecular formula is C17H25NO4. The fourth-order valence-corrected chi connectivity index (χ4v) is 2.23. The summed E-state index contributed by atoms with van der Waals surface area (Å²) in [5.74, 6) is -0.975. The van der Waals surface area contributed by atoms with Gasteiger partial charge in [0.1, 0.15) is 0 Å². The van der Waals surface area contributed by atoms with Crippen LogP contribution in [0.3, 0.4) is 0 Å². The van der Waals surface area contributed by atoms with Gasteiger partial charge < -0.3 is 9.84 Å². The molecule has 0 aliphatic heterocycles. The molecule has 0 saturated carbocycles. The number of carbonyl (C=O) groups excluding carboxylic acids is 1. The van der Waals surface area contributed by atoms with Crippen molar-refractivity contribution in [3.05, 3.63) is 35.9 Å². The number of nitrogens with zero attached hydrogens (tertiary/aromatic N) is 1. The Balaban J connectivity index is 2.43. The number of unbranched alkanes of at least 4 members (excludes halogenated alkanes) is 2. The van der Waals surface area contributed by atoms with Crippen LogP contribution >= 0.6 is 0 Å². The molecule has 1 aromatic rings. The lowest BCUT2D eigenvalue weighted by molar-refractivity contribution is -0.144. The summed E-state index contributed by atoms with van der Waals surface area (Å²) in [6, 6.07) is 9.98. The number of ether oxygens (including phenoxy) is 1. The lowest BCUT2D eigenvalue weighted by Crippen LogP contribution is -2.31. The summed E-state index contributed by atoms with van der Waals surface area (Å²) in [4.78, 5) is 24.2. The first-order chi connectivity index (χ1) is 10.6. The normalized spacial score (nSPS) is 10.6. The molecule has 22 heavy (non-hydrogen) atoms. The molecule has 0 saturated heterocycles. The van der Waals surface area contributed by atoms with Crippen LogP contribution in [0.25, 0.3) is 0 Å². The zero-order chi connectivity index (χ0) is 16.2. The van der Waals surface area contributed by atoms with Crippen LogP contribution in [0, 0.1) is 0 Å². The van der Waals surface area contributed by atoms with Gasteiger partial charge >= 0.3 is 11.9 Å². The first-order valence-corrected chi connectivity index (χ1v) is 7.75. The molecule has 1 N–H and O–H groups in total. The van der Waals surface area contributed by atoms with Crippen LogP contribution in [0.5, 0.6) is 0 Å². The number of carboxylic acids is 1. The number of hydrogen-bond acceptors (Lipinski definition) is 4. The smallest absolute Gasteiger partial charge is 0.320 e. The van der Waals surface area contributed by atoms with Crippen molar-refractivity contribution in [3.8, 4) is 0 Å². The van der Waals surface area contributed by atoms with Crippen LogP contribution in [0.15, 0.2) is 30.3 Å². The monoisotopic (exact) mass is 307 g/mol. The van der Waals surface area contributed by atoms with Crippen molar-refractivity contribution in [3.63, 3.8) is 0 Å². The molecule has 0 atom stereocenters. The summed E-state index contributed by atoms with van der Waals surface area (Å²) in [5, 5.41) is 8.62. The summed E-state index contributed by atoms with van der Waals surface area (Å²) in [7, 11) is 0. The topological polar surface area (TPSA) is 66.8 Å². The lowest BCUT2D eigenvalue weighted by Gasteiger charge is -2.21. The maximum absolute atomic E-state index is 11.7. The standard InChI is InChI=1S/C17H25NO4/c1-2-22-17(21)14-18(12-8-4-7-11-16(19)20)13-15-9-5-3-6-10-15/h3,5-6,9-10H,2,4,7-8,11-14H2,1H3,(H,19,20). The van der Waals surface area contributed by atoms with E-state index in [1.165, 1.54) is 0 Å². The largest absolute Gasteiger partial charge is 0.481 e. The third-order valence-corrected chi connectivity index (χ3v) is 3.27. The lowest BCUT2D eigenvalue weighted by atomic mass is 10.1. The van der Waals surface area contributed by atoms with E-state index in [4.69, 9.17) is 9.84 Å². The van der Waals surface area contributed by atoms with E-state index in [0.29, 0.717) is 19.6 Å². The van der Waals surface area contributed by atoms with Gasteiger partial charge in [-0.15, -0.1) is 0 Å². The second-order valence-electron chi connectivity index (χ2n) is 5.21. The first kappa shape index (κ1) is 18.2. The van der Waals surface area contributed by atoms with Gasteiger partial charge in [0.2, 0.25) is 0 Å². The van der Waals surface area contributed by atoms with Crippen LogP contribution in [0.1, 0.15) is 38.2 Å². The average molecular weight is 307 g/mol. The number of rotatable bonds is 11. The van der Waals surface area contributed by atoms with E-state index in [0.717, 1.165) is 24.9 Å². The van der Waals surface area contributed by atoms with Crippen LogP contribution in [0.4, 0.5) is 0 Å². The Bertz CT molecular complexity index is 447. The zero-order valence-electron chi connectivity index (χ0n) is 13.2. The number of aliphatic carboxylic acids is 1. The Hall–Kier alpha value is -1.88. The predicted octanol–water partition coefficient (Wildman–Crippen LogP) is 2.70. The van der Waals surface area contributed by atoms with E-state index in [9.17, 15) is 9.59 Å². The SMILES string of the molecule is CCOC(=O)CN(CCCCCC(=O)O)Cc1ccccc1. The molecule has 0 unspecified atom stereocenters. The van der Waals surface area contributed by atoms with Gasteiger partial charge in [-0.1, -0.05) is 36.8 Å². The van der Waals surface area contributed by atoms with Gasteiger partial charge in [0.25, 0.3) is 0 Å². The third kappa shape index (κ3) is 8.42. The van der Waals surface area contributed by atoms with Gasteiger partial charge in [-0.2, -0.15) is 0 Å². The number of carbonyl (C=O) groups is 2. The first-order valence-electron chi connectivity index (χ1n) is 7.75. The van der Waals surface area contributed by atoms with Gasteiger partial charge in [0, 0.05) is 13.0 Å². The quantitative estimate of drug-likeness (QED) is 0.503. The van der Waals surface area contributed by atoms with Crippen molar-refractivity contribution >= 4 is 11.9 Å². The van der Waals surface area contributed by atoms with Crippen molar-refractivity contribution < 1.29 is 19.4 Å². The molecule has 0 radical (unpaired) electrons. The van der Waals surface area contributed by atoms with Crippen molar-refractivity contribution in [2.45, 2.75) is 39.2 Å². The molecule has 122 valence electrons. The van der Waals surface area contributed by atoms with E-state index >= 15 is 0 Å². The Morgan fingerprint density at radius 3 is 2.50 bits per heavy atom. The fraction of sp³-hybridized carbons (Fsp3) is 0.529. The number of carboxylic acid groups (broad SMARTS) is 1. The molecule has 0 bridgehead atoms.